The van der Waals surface area contributed by atoms with Gasteiger partial charge in [0.1, 0.15) is 5.69 Å². The van der Waals surface area contributed by atoms with Crippen molar-refractivity contribution in [1.29, 1.82) is 0 Å². The summed E-state index contributed by atoms with van der Waals surface area (Å²) in [5, 5.41) is 11.1. The van der Waals surface area contributed by atoms with Gasteiger partial charge in [-0.2, -0.15) is 0 Å². The molecule has 0 radical (unpaired) electrons. The highest BCUT2D eigenvalue weighted by Crippen LogP contribution is 2.31. The maximum Gasteiger partial charge on any atom is 0.293 e. The van der Waals surface area contributed by atoms with Crippen LogP contribution in [0.1, 0.15) is 5.56 Å². The van der Waals surface area contributed by atoms with Crippen molar-refractivity contribution >= 4 is 27.3 Å². The van der Waals surface area contributed by atoms with E-state index in [4.69, 9.17) is 0 Å². The van der Waals surface area contributed by atoms with Crippen molar-refractivity contribution < 1.29 is 4.92 Å². The Hall–Kier alpha value is -1.88. The summed E-state index contributed by atoms with van der Waals surface area (Å²) in [7, 11) is 1.85. The molecule has 19 heavy (non-hydrogen) atoms. The summed E-state index contributed by atoms with van der Waals surface area (Å²) in [5.74, 6) is 0. The van der Waals surface area contributed by atoms with Crippen LogP contribution in [0.2, 0.25) is 0 Å². The van der Waals surface area contributed by atoms with Crippen molar-refractivity contribution in [2.24, 2.45) is 0 Å². The molecule has 0 fully saturated rings. The lowest BCUT2D eigenvalue weighted by molar-refractivity contribution is -0.384. The number of hydrogen-bond donors (Lipinski definition) is 0. The van der Waals surface area contributed by atoms with Crippen LogP contribution in [0.25, 0.3) is 0 Å². The highest BCUT2D eigenvalue weighted by atomic mass is 79.9. The van der Waals surface area contributed by atoms with Crippen molar-refractivity contribution in [1.82, 2.24) is 0 Å². The van der Waals surface area contributed by atoms with Gasteiger partial charge in [-0.15, -0.1) is 0 Å². The first-order valence-electron chi connectivity index (χ1n) is 5.77. The summed E-state index contributed by atoms with van der Waals surface area (Å²) in [6.07, 6.45) is 0. The number of benzene rings is 2. The Morgan fingerprint density at radius 2 is 1.89 bits per heavy atom. The first-order chi connectivity index (χ1) is 9.08. The van der Waals surface area contributed by atoms with E-state index in [-0.39, 0.29) is 10.6 Å². The van der Waals surface area contributed by atoms with E-state index in [9.17, 15) is 10.1 Å². The molecule has 0 saturated heterocycles. The molecule has 0 aromatic heterocycles. The molecule has 0 N–H and O–H groups in total. The van der Waals surface area contributed by atoms with Gasteiger partial charge in [0.15, 0.2) is 0 Å². The van der Waals surface area contributed by atoms with Crippen LogP contribution in [-0.4, -0.2) is 12.0 Å². The minimum absolute atomic E-state index is 0.104. The maximum absolute atomic E-state index is 11.1. The van der Waals surface area contributed by atoms with E-state index < -0.39 is 0 Å². The number of rotatable bonds is 4. The van der Waals surface area contributed by atoms with Crippen LogP contribution in [0.5, 0.6) is 0 Å². The Morgan fingerprint density at radius 3 is 2.53 bits per heavy atom. The second-order valence-electron chi connectivity index (χ2n) is 4.23. The summed E-state index contributed by atoms with van der Waals surface area (Å²) >= 11 is 3.26. The van der Waals surface area contributed by atoms with Crippen LogP contribution >= 0.6 is 15.9 Å². The van der Waals surface area contributed by atoms with Crippen LogP contribution in [0, 0.1) is 10.1 Å². The normalized spacial score (nSPS) is 10.2. The van der Waals surface area contributed by atoms with E-state index in [0.29, 0.717) is 16.7 Å². The molecular formula is C14H13BrN2O2. The highest BCUT2D eigenvalue weighted by molar-refractivity contribution is 9.10. The van der Waals surface area contributed by atoms with E-state index >= 15 is 0 Å². The zero-order valence-electron chi connectivity index (χ0n) is 10.4. The molecule has 0 bridgehead atoms. The fraction of sp³-hybridized carbons (Fsp3) is 0.143. The monoisotopic (exact) mass is 320 g/mol. The number of nitro groups is 1. The zero-order valence-corrected chi connectivity index (χ0v) is 12.0. The molecule has 0 aliphatic heterocycles. The standard InChI is InChI=1S/C14H13BrN2O2/c1-16(10-11-5-3-2-4-6-11)13-8-7-12(15)9-14(13)17(18)19/h2-9H,10H2,1H3. The minimum Gasteiger partial charge on any atom is -0.365 e. The lowest BCUT2D eigenvalue weighted by Gasteiger charge is -2.19. The van der Waals surface area contributed by atoms with Gasteiger partial charge in [0, 0.05) is 24.1 Å². The molecule has 0 atom stereocenters. The quantitative estimate of drug-likeness (QED) is 0.632. The highest BCUT2D eigenvalue weighted by Gasteiger charge is 2.17. The van der Waals surface area contributed by atoms with Crippen LogP contribution in [-0.2, 0) is 6.54 Å². The summed E-state index contributed by atoms with van der Waals surface area (Å²) < 4.78 is 0.705. The molecule has 0 aliphatic carbocycles. The largest absolute Gasteiger partial charge is 0.365 e. The number of nitrogens with zero attached hydrogens (tertiary/aromatic N) is 2. The predicted octanol–water partition coefficient (Wildman–Crippen LogP) is 3.99. The molecule has 4 nitrogen and oxygen atoms in total. The molecule has 2 aromatic carbocycles. The van der Waals surface area contributed by atoms with Crippen molar-refractivity contribution in [2.75, 3.05) is 11.9 Å². The fourth-order valence-electron chi connectivity index (χ4n) is 1.91. The third-order valence-corrected chi connectivity index (χ3v) is 3.30. The molecule has 0 unspecified atom stereocenters. The Kier molecular flexibility index (Phi) is 4.16. The predicted molar refractivity (Wildman–Crippen MR) is 79.3 cm³/mol. The van der Waals surface area contributed by atoms with Crippen LogP contribution in [0.3, 0.4) is 0 Å². The molecule has 5 heteroatoms. The van der Waals surface area contributed by atoms with Crippen molar-refractivity contribution in [3.8, 4) is 0 Å². The molecule has 98 valence electrons. The Morgan fingerprint density at radius 1 is 1.21 bits per heavy atom. The Labute approximate surface area is 119 Å². The lowest BCUT2D eigenvalue weighted by Crippen LogP contribution is -2.17. The molecule has 2 aromatic rings. The van der Waals surface area contributed by atoms with Crippen LogP contribution < -0.4 is 4.90 Å². The third kappa shape index (κ3) is 3.32. The Balaban J connectivity index is 2.28. The van der Waals surface area contributed by atoms with Gasteiger partial charge < -0.3 is 4.90 Å². The van der Waals surface area contributed by atoms with Gasteiger partial charge in [0.2, 0.25) is 0 Å². The Bertz CT molecular complexity index is 587. The number of nitro benzene ring substituents is 1. The molecule has 2 rings (SSSR count). The SMILES string of the molecule is CN(Cc1ccccc1)c1ccc(Br)cc1[N+](=O)[O-]. The van der Waals surface area contributed by atoms with Gasteiger partial charge in [0.05, 0.1) is 4.92 Å². The van der Waals surface area contributed by atoms with Gasteiger partial charge in [-0.3, -0.25) is 10.1 Å². The van der Waals surface area contributed by atoms with E-state index in [1.165, 1.54) is 6.07 Å². The molecule has 0 saturated carbocycles. The number of anilines is 1. The summed E-state index contributed by atoms with van der Waals surface area (Å²) in [5.41, 5.74) is 1.83. The average Bonchev–Trinajstić information content (AvgIpc) is 2.39. The lowest BCUT2D eigenvalue weighted by atomic mass is 10.2. The first-order valence-corrected chi connectivity index (χ1v) is 6.56. The first kappa shape index (κ1) is 13.5. The summed E-state index contributed by atoms with van der Waals surface area (Å²) in [6, 6.07) is 15.0. The van der Waals surface area contributed by atoms with Gasteiger partial charge in [0.25, 0.3) is 5.69 Å². The molecule has 0 spiro atoms. The van der Waals surface area contributed by atoms with Gasteiger partial charge >= 0.3 is 0 Å². The van der Waals surface area contributed by atoms with Crippen LogP contribution in [0.15, 0.2) is 53.0 Å². The van der Waals surface area contributed by atoms with Crippen molar-refractivity contribution in [3.05, 3.63) is 68.7 Å². The third-order valence-electron chi connectivity index (χ3n) is 2.81. The average molecular weight is 321 g/mol. The topological polar surface area (TPSA) is 46.4 Å². The van der Waals surface area contributed by atoms with Crippen LogP contribution in [0.4, 0.5) is 11.4 Å². The fourth-order valence-corrected chi connectivity index (χ4v) is 2.26. The minimum atomic E-state index is -0.360. The van der Waals surface area contributed by atoms with E-state index in [1.54, 1.807) is 6.07 Å². The van der Waals surface area contributed by atoms with Crippen molar-refractivity contribution in [2.45, 2.75) is 6.54 Å². The zero-order chi connectivity index (χ0) is 13.8. The summed E-state index contributed by atoms with van der Waals surface area (Å²) in [6.45, 7) is 0.628. The van der Waals surface area contributed by atoms with Gasteiger partial charge in [-0.05, 0) is 17.7 Å². The van der Waals surface area contributed by atoms with E-state index in [0.717, 1.165) is 5.56 Å². The van der Waals surface area contributed by atoms with Gasteiger partial charge in [-0.25, -0.2) is 0 Å². The van der Waals surface area contributed by atoms with Gasteiger partial charge in [-0.1, -0.05) is 46.3 Å². The maximum atomic E-state index is 11.1. The van der Waals surface area contributed by atoms with E-state index in [2.05, 4.69) is 15.9 Å². The molecule has 0 aliphatic rings. The van der Waals surface area contributed by atoms with E-state index in [1.807, 2.05) is 48.3 Å². The number of hydrogen-bond acceptors (Lipinski definition) is 3. The molecular weight excluding hydrogens is 308 g/mol. The molecule has 0 amide bonds. The number of halogens is 1. The van der Waals surface area contributed by atoms with Crippen molar-refractivity contribution in [3.63, 3.8) is 0 Å². The smallest absolute Gasteiger partial charge is 0.293 e. The molecule has 0 heterocycles. The second kappa shape index (κ2) is 5.84. The summed E-state index contributed by atoms with van der Waals surface area (Å²) in [4.78, 5) is 12.6. The second-order valence-corrected chi connectivity index (χ2v) is 5.15.